The average molecular weight is 423 g/mol. The van der Waals surface area contributed by atoms with Gasteiger partial charge in [0.25, 0.3) is 10.0 Å². The van der Waals surface area contributed by atoms with Crippen LogP contribution >= 0.6 is 11.8 Å². The molecular weight excluding hydrogens is 399 g/mol. The van der Waals surface area contributed by atoms with Crippen molar-refractivity contribution in [3.8, 4) is 5.75 Å². The molecule has 0 saturated carbocycles. The molecule has 0 saturated heterocycles. The fraction of sp³-hybridized carbons (Fsp3) is 0.300. The van der Waals surface area contributed by atoms with E-state index < -0.39 is 15.8 Å². The van der Waals surface area contributed by atoms with Crippen molar-refractivity contribution in [2.24, 2.45) is 0 Å². The molecule has 8 heteroatoms. The number of nitrogens with zero attached hydrogens (tertiary/aromatic N) is 2. The van der Waals surface area contributed by atoms with E-state index in [9.17, 15) is 12.8 Å². The summed E-state index contributed by atoms with van der Waals surface area (Å²) in [6, 6.07) is 10.2. The van der Waals surface area contributed by atoms with Crippen molar-refractivity contribution in [1.29, 1.82) is 0 Å². The number of ether oxygens (including phenoxy) is 1. The number of rotatable bonds is 7. The van der Waals surface area contributed by atoms with Crippen LogP contribution in [0.15, 0.2) is 52.3 Å². The molecule has 0 aliphatic rings. The zero-order valence-electron chi connectivity index (χ0n) is 16.3. The Morgan fingerprint density at radius 3 is 2.43 bits per heavy atom. The van der Waals surface area contributed by atoms with Crippen LogP contribution in [-0.4, -0.2) is 50.8 Å². The van der Waals surface area contributed by atoms with E-state index in [1.165, 1.54) is 16.1 Å². The summed E-state index contributed by atoms with van der Waals surface area (Å²) in [7, 11) is 1.71. The van der Waals surface area contributed by atoms with Gasteiger partial charge in [-0.2, -0.15) is 0 Å². The van der Waals surface area contributed by atoms with Crippen LogP contribution in [0.25, 0.3) is 10.9 Å². The highest BCUT2D eigenvalue weighted by Gasteiger charge is 2.25. The topological polar surface area (TPSA) is 51.5 Å². The maximum atomic E-state index is 13.3. The Kier molecular flexibility index (Phi) is 6.02. The maximum Gasteiger partial charge on any atom is 0.268 e. The Morgan fingerprint density at radius 1 is 1.14 bits per heavy atom. The van der Waals surface area contributed by atoms with E-state index in [2.05, 4.69) is 4.90 Å². The van der Waals surface area contributed by atoms with Gasteiger partial charge in [-0.1, -0.05) is 0 Å². The molecule has 0 aliphatic carbocycles. The molecular formula is C20H23FN2O3S2. The van der Waals surface area contributed by atoms with Gasteiger partial charge >= 0.3 is 0 Å². The summed E-state index contributed by atoms with van der Waals surface area (Å²) in [5.41, 5.74) is 1.21. The normalized spacial score (nSPS) is 12.1. The number of fused-ring (bicyclic) bond motifs is 1. The number of halogens is 1. The Morgan fingerprint density at radius 2 is 1.82 bits per heavy atom. The lowest BCUT2D eigenvalue weighted by Gasteiger charge is -2.11. The number of thioether (sulfide) groups is 1. The maximum absolute atomic E-state index is 13.3. The van der Waals surface area contributed by atoms with E-state index >= 15 is 0 Å². The Hall–Kier alpha value is -2.03. The van der Waals surface area contributed by atoms with Gasteiger partial charge in [-0.3, -0.25) is 0 Å². The lowest BCUT2D eigenvalue weighted by molar-refractivity contribution is 0.415. The molecule has 0 atom stereocenters. The molecule has 0 bridgehead atoms. The molecule has 150 valence electrons. The van der Waals surface area contributed by atoms with E-state index in [1.54, 1.807) is 37.9 Å². The van der Waals surface area contributed by atoms with Gasteiger partial charge in [0.1, 0.15) is 11.6 Å². The molecule has 0 N–H and O–H groups in total. The minimum absolute atomic E-state index is 0.0505. The van der Waals surface area contributed by atoms with Gasteiger partial charge in [-0.05, 0) is 63.5 Å². The van der Waals surface area contributed by atoms with Gasteiger partial charge in [0.15, 0.2) is 0 Å². The van der Waals surface area contributed by atoms with E-state index in [-0.39, 0.29) is 4.90 Å². The Bertz CT molecular complexity index is 1090. The smallest absolute Gasteiger partial charge is 0.268 e. The van der Waals surface area contributed by atoms with Gasteiger partial charge < -0.3 is 9.64 Å². The minimum atomic E-state index is -3.87. The first-order chi connectivity index (χ1) is 13.3. The number of benzene rings is 2. The van der Waals surface area contributed by atoms with E-state index in [0.29, 0.717) is 17.0 Å². The molecule has 5 nitrogen and oxygen atoms in total. The van der Waals surface area contributed by atoms with Crippen LogP contribution in [0.3, 0.4) is 0 Å². The fourth-order valence-corrected chi connectivity index (χ4v) is 5.90. The number of hydrogen-bond acceptors (Lipinski definition) is 5. The van der Waals surface area contributed by atoms with Crippen LogP contribution in [0.4, 0.5) is 4.39 Å². The first kappa shape index (κ1) is 20.7. The zero-order chi connectivity index (χ0) is 20.5. The lowest BCUT2D eigenvalue weighted by Crippen LogP contribution is -2.15. The van der Waals surface area contributed by atoms with Crippen LogP contribution in [0.5, 0.6) is 5.75 Å². The third-order valence-electron chi connectivity index (χ3n) is 4.44. The minimum Gasteiger partial charge on any atom is -0.497 e. The molecule has 0 radical (unpaired) electrons. The van der Waals surface area contributed by atoms with Crippen molar-refractivity contribution < 1.29 is 17.5 Å². The fourth-order valence-electron chi connectivity index (χ4n) is 3.00. The second-order valence-corrected chi connectivity index (χ2v) is 9.56. The standard InChI is InChI=1S/C20H23FN2O3S2/c1-14-20(27-12-11-22(2)3)18-13-16(26-4)7-10-19(18)23(14)28(24,25)17-8-5-15(21)6-9-17/h5-10,13H,11-12H2,1-4H3. The van der Waals surface area contributed by atoms with E-state index in [1.807, 2.05) is 20.2 Å². The summed E-state index contributed by atoms with van der Waals surface area (Å²) in [5.74, 6) is 1.01. The second kappa shape index (κ2) is 8.14. The molecule has 0 fully saturated rings. The predicted molar refractivity (Wildman–Crippen MR) is 111 cm³/mol. The Balaban J connectivity index is 2.19. The van der Waals surface area contributed by atoms with Gasteiger partial charge in [-0.15, -0.1) is 11.8 Å². The van der Waals surface area contributed by atoms with Gasteiger partial charge in [0, 0.05) is 28.3 Å². The summed E-state index contributed by atoms with van der Waals surface area (Å²) in [5, 5.41) is 0.825. The van der Waals surface area contributed by atoms with Crippen LogP contribution in [0.1, 0.15) is 5.69 Å². The molecule has 0 amide bonds. The highest BCUT2D eigenvalue weighted by atomic mass is 32.2. The molecule has 2 aromatic carbocycles. The van der Waals surface area contributed by atoms with E-state index in [4.69, 9.17) is 4.74 Å². The van der Waals surface area contributed by atoms with Crippen LogP contribution in [0, 0.1) is 12.7 Å². The van der Waals surface area contributed by atoms with Crippen molar-refractivity contribution in [1.82, 2.24) is 8.87 Å². The predicted octanol–water partition coefficient (Wildman–Crippen LogP) is 3.99. The highest BCUT2D eigenvalue weighted by Crippen LogP contribution is 2.38. The molecule has 0 aliphatic heterocycles. The second-order valence-electron chi connectivity index (χ2n) is 6.67. The number of methoxy groups -OCH3 is 1. The monoisotopic (exact) mass is 422 g/mol. The van der Waals surface area contributed by atoms with Gasteiger partial charge in [-0.25, -0.2) is 16.8 Å². The average Bonchev–Trinajstić information content (AvgIpc) is 2.93. The Labute approximate surface area is 169 Å². The number of hydrogen-bond donors (Lipinski definition) is 0. The van der Waals surface area contributed by atoms with E-state index in [0.717, 1.165) is 34.7 Å². The molecule has 1 heterocycles. The van der Waals surface area contributed by atoms with Crippen LogP contribution < -0.4 is 4.74 Å². The van der Waals surface area contributed by atoms with Crippen molar-refractivity contribution >= 4 is 32.7 Å². The van der Waals surface area contributed by atoms with Crippen LogP contribution in [0.2, 0.25) is 0 Å². The van der Waals surface area contributed by atoms with Crippen molar-refractivity contribution in [2.45, 2.75) is 16.7 Å². The van der Waals surface area contributed by atoms with Crippen molar-refractivity contribution in [3.63, 3.8) is 0 Å². The molecule has 0 unspecified atom stereocenters. The molecule has 0 spiro atoms. The van der Waals surface area contributed by atoms with Crippen molar-refractivity contribution in [2.75, 3.05) is 33.5 Å². The largest absolute Gasteiger partial charge is 0.497 e. The SMILES string of the molecule is COc1ccc2c(c1)c(SCCN(C)C)c(C)n2S(=O)(=O)c1ccc(F)cc1. The summed E-state index contributed by atoms with van der Waals surface area (Å²) in [6.07, 6.45) is 0. The first-order valence-electron chi connectivity index (χ1n) is 8.73. The van der Waals surface area contributed by atoms with Crippen molar-refractivity contribution in [3.05, 3.63) is 54.0 Å². The molecule has 1 aromatic heterocycles. The van der Waals surface area contributed by atoms with Crippen LogP contribution in [-0.2, 0) is 10.0 Å². The molecule has 3 rings (SSSR count). The molecule has 28 heavy (non-hydrogen) atoms. The van der Waals surface area contributed by atoms with Gasteiger partial charge in [0.05, 0.1) is 17.5 Å². The first-order valence-corrected chi connectivity index (χ1v) is 11.2. The number of aromatic nitrogens is 1. The third-order valence-corrected chi connectivity index (χ3v) is 7.45. The highest BCUT2D eigenvalue weighted by molar-refractivity contribution is 7.99. The quantitative estimate of drug-likeness (QED) is 0.539. The summed E-state index contributed by atoms with van der Waals surface area (Å²) < 4.78 is 46.6. The molecule has 3 aromatic rings. The zero-order valence-corrected chi connectivity index (χ0v) is 17.9. The summed E-state index contributed by atoms with van der Waals surface area (Å²) in [4.78, 5) is 3.04. The summed E-state index contributed by atoms with van der Waals surface area (Å²) in [6.45, 7) is 2.66. The van der Waals surface area contributed by atoms with Gasteiger partial charge in [0.2, 0.25) is 0 Å². The summed E-state index contributed by atoms with van der Waals surface area (Å²) >= 11 is 1.62. The lowest BCUT2D eigenvalue weighted by atomic mass is 10.2. The third kappa shape index (κ3) is 3.90.